The van der Waals surface area contributed by atoms with E-state index in [4.69, 9.17) is 0 Å². The molecule has 134 valence electrons. The number of hydrogen-bond acceptors (Lipinski definition) is 3. The monoisotopic (exact) mass is 358 g/mol. The zero-order valence-electron chi connectivity index (χ0n) is 14.9. The molecular weight excluding hydrogens is 332 g/mol. The predicted octanol–water partition coefficient (Wildman–Crippen LogP) is 4.03. The third kappa shape index (κ3) is 4.22. The quantitative estimate of drug-likeness (QED) is 0.878. The minimum absolute atomic E-state index is 0.378. The number of nitrogens with zero attached hydrogens (tertiary/aromatic N) is 1. The molecule has 0 amide bonds. The van der Waals surface area contributed by atoms with Crippen LogP contribution in [0.1, 0.15) is 30.9 Å². The summed E-state index contributed by atoms with van der Waals surface area (Å²) in [5.41, 5.74) is 3.41. The molecular formula is C20H26N2O2S. The Kier molecular flexibility index (Phi) is 5.45. The molecule has 5 heteroatoms. The highest BCUT2D eigenvalue weighted by Crippen LogP contribution is 2.24. The maximum Gasteiger partial charge on any atom is 0.243 e. The standard InChI is InChI=1S/C20H26N2O2S/c1-16-11-13-22(14-12-16)25(23,24)20-9-7-19(8-10-20)21-15-18-6-4-3-5-17(18)2/h3-10,16,21H,11-15H2,1-2H3. The zero-order chi connectivity index (χ0) is 17.9. The second kappa shape index (κ2) is 7.58. The number of hydrogen-bond donors (Lipinski definition) is 1. The maximum absolute atomic E-state index is 12.7. The minimum Gasteiger partial charge on any atom is -0.381 e. The van der Waals surface area contributed by atoms with Crippen LogP contribution in [0, 0.1) is 12.8 Å². The summed E-state index contributed by atoms with van der Waals surface area (Å²) in [5, 5.41) is 3.36. The minimum atomic E-state index is -3.37. The number of anilines is 1. The van der Waals surface area contributed by atoms with Crippen molar-refractivity contribution in [1.29, 1.82) is 0 Å². The van der Waals surface area contributed by atoms with Crippen LogP contribution in [0.2, 0.25) is 0 Å². The van der Waals surface area contributed by atoms with E-state index >= 15 is 0 Å². The molecule has 0 atom stereocenters. The van der Waals surface area contributed by atoms with Gasteiger partial charge in [-0.3, -0.25) is 0 Å². The molecule has 1 heterocycles. The topological polar surface area (TPSA) is 49.4 Å². The van der Waals surface area contributed by atoms with Crippen molar-refractivity contribution in [2.45, 2.75) is 38.1 Å². The fraction of sp³-hybridized carbons (Fsp3) is 0.400. The summed E-state index contributed by atoms with van der Waals surface area (Å²) in [7, 11) is -3.37. The van der Waals surface area contributed by atoms with E-state index in [1.165, 1.54) is 11.1 Å². The Morgan fingerprint density at radius 2 is 1.68 bits per heavy atom. The van der Waals surface area contributed by atoms with E-state index in [0.717, 1.165) is 25.1 Å². The molecule has 25 heavy (non-hydrogen) atoms. The molecule has 1 fully saturated rings. The summed E-state index contributed by atoms with van der Waals surface area (Å²) >= 11 is 0. The predicted molar refractivity (Wildman–Crippen MR) is 102 cm³/mol. The van der Waals surface area contributed by atoms with Crippen LogP contribution in [-0.4, -0.2) is 25.8 Å². The third-order valence-corrected chi connectivity index (χ3v) is 6.89. The molecule has 0 aromatic heterocycles. The lowest BCUT2D eigenvalue weighted by Crippen LogP contribution is -2.37. The molecule has 0 radical (unpaired) electrons. The summed E-state index contributed by atoms with van der Waals surface area (Å²) in [4.78, 5) is 0.378. The van der Waals surface area contributed by atoms with Crippen molar-refractivity contribution in [1.82, 2.24) is 4.31 Å². The van der Waals surface area contributed by atoms with Gasteiger partial charge in [0.15, 0.2) is 0 Å². The van der Waals surface area contributed by atoms with Gasteiger partial charge in [-0.15, -0.1) is 0 Å². The number of rotatable bonds is 5. The first kappa shape index (κ1) is 18.0. The Morgan fingerprint density at radius 1 is 1.04 bits per heavy atom. The van der Waals surface area contributed by atoms with Crippen LogP contribution in [0.15, 0.2) is 53.4 Å². The van der Waals surface area contributed by atoms with Crippen molar-refractivity contribution in [3.63, 3.8) is 0 Å². The Labute approximate surface area is 150 Å². The van der Waals surface area contributed by atoms with E-state index in [1.54, 1.807) is 16.4 Å². The van der Waals surface area contributed by atoms with Gasteiger partial charge >= 0.3 is 0 Å². The second-order valence-electron chi connectivity index (χ2n) is 6.89. The van der Waals surface area contributed by atoms with E-state index in [9.17, 15) is 8.42 Å². The summed E-state index contributed by atoms with van der Waals surface area (Å²) in [6.45, 7) is 6.24. The smallest absolute Gasteiger partial charge is 0.243 e. The number of nitrogens with one attached hydrogen (secondary N) is 1. The van der Waals surface area contributed by atoms with Crippen LogP contribution in [0.4, 0.5) is 5.69 Å². The van der Waals surface area contributed by atoms with Gasteiger partial charge in [0.2, 0.25) is 10.0 Å². The highest BCUT2D eigenvalue weighted by atomic mass is 32.2. The number of aryl methyl sites for hydroxylation is 1. The molecule has 0 spiro atoms. The molecule has 3 rings (SSSR count). The van der Waals surface area contributed by atoms with Crippen molar-refractivity contribution >= 4 is 15.7 Å². The SMILES string of the molecule is Cc1ccccc1CNc1ccc(S(=O)(=O)N2CCC(C)CC2)cc1. The lowest BCUT2D eigenvalue weighted by molar-refractivity contribution is 0.288. The van der Waals surface area contributed by atoms with E-state index < -0.39 is 10.0 Å². The largest absolute Gasteiger partial charge is 0.381 e. The molecule has 1 N–H and O–H groups in total. The Bertz CT molecular complexity index is 808. The summed E-state index contributed by atoms with van der Waals surface area (Å²) in [6.07, 6.45) is 1.88. The van der Waals surface area contributed by atoms with Gasteiger partial charge in [-0.25, -0.2) is 8.42 Å². The molecule has 1 aliphatic heterocycles. The Morgan fingerprint density at radius 3 is 2.32 bits per heavy atom. The van der Waals surface area contributed by atoms with Crippen molar-refractivity contribution in [2.24, 2.45) is 5.92 Å². The molecule has 1 saturated heterocycles. The summed E-state index contributed by atoms with van der Waals surface area (Å²) in [6, 6.07) is 15.3. The number of sulfonamides is 1. The average Bonchev–Trinajstić information content (AvgIpc) is 2.62. The van der Waals surface area contributed by atoms with Gasteiger partial charge in [0.05, 0.1) is 4.90 Å². The number of benzene rings is 2. The van der Waals surface area contributed by atoms with Crippen molar-refractivity contribution in [3.05, 3.63) is 59.7 Å². The van der Waals surface area contributed by atoms with Gasteiger partial charge in [0, 0.05) is 25.3 Å². The number of piperidine rings is 1. The van der Waals surface area contributed by atoms with Crippen molar-refractivity contribution < 1.29 is 8.42 Å². The van der Waals surface area contributed by atoms with Gasteiger partial charge in [-0.05, 0) is 61.1 Å². The molecule has 0 bridgehead atoms. The van der Waals surface area contributed by atoms with Crippen molar-refractivity contribution in [2.75, 3.05) is 18.4 Å². The fourth-order valence-electron chi connectivity index (χ4n) is 3.12. The molecule has 2 aromatic carbocycles. The highest BCUT2D eigenvalue weighted by Gasteiger charge is 2.27. The van der Waals surface area contributed by atoms with Crippen LogP contribution >= 0.6 is 0 Å². The summed E-state index contributed by atoms with van der Waals surface area (Å²) in [5.74, 6) is 0.611. The normalized spacial score (nSPS) is 16.7. The average molecular weight is 359 g/mol. The molecule has 0 unspecified atom stereocenters. The van der Waals surface area contributed by atoms with E-state index in [0.29, 0.717) is 23.9 Å². The first-order valence-corrected chi connectivity index (χ1v) is 10.3. The maximum atomic E-state index is 12.7. The van der Waals surface area contributed by atoms with E-state index in [2.05, 4.69) is 31.3 Å². The fourth-order valence-corrected chi connectivity index (χ4v) is 4.59. The van der Waals surface area contributed by atoms with Gasteiger partial charge in [0.25, 0.3) is 0 Å². The van der Waals surface area contributed by atoms with Crippen LogP contribution in [-0.2, 0) is 16.6 Å². The van der Waals surface area contributed by atoms with Gasteiger partial charge in [-0.2, -0.15) is 4.31 Å². The Hall–Kier alpha value is -1.85. The van der Waals surface area contributed by atoms with Gasteiger partial charge in [0.1, 0.15) is 0 Å². The lowest BCUT2D eigenvalue weighted by atomic mass is 10.0. The van der Waals surface area contributed by atoms with Gasteiger partial charge < -0.3 is 5.32 Å². The Balaban J connectivity index is 1.66. The molecule has 0 saturated carbocycles. The highest BCUT2D eigenvalue weighted by molar-refractivity contribution is 7.89. The second-order valence-corrected chi connectivity index (χ2v) is 8.83. The third-order valence-electron chi connectivity index (χ3n) is 4.98. The molecule has 2 aromatic rings. The van der Waals surface area contributed by atoms with E-state index in [1.807, 2.05) is 24.3 Å². The first-order valence-electron chi connectivity index (χ1n) is 8.85. The molecule has 1 aliphatic rings. The molecule has 0 aliphatic carbocycles. The van der Waals surface area contributed by atoms with Gasteiger partial charge in [-0.1, -0.05) is 31.2 Å². The summed E-state index contributed by atoms with van der Waals surface area (Å²) < 4.78 is 27.1. The first-order chi connectivity index (χ1) is 12.0. The van der Waals surface area contributed by atoms with E-state index in [-0.39, 0.29) is 0 Å². The van der Waals surface area contributed by atoms with Crippen LogP contribution in [0.5, 0.6) is 0 Å². The van der Waals surface area contributed by atoms with Crippen LogP contribution < -0.4 is 5.32 Å². The lowest BCUT2D eigenvalue weighted by Gasteiger charge is -2.29. The van der Waals surface area contributed by atoms with Crippen molar-refractivity contribution in [3.8, 4) is 0 Å². The molecule has 4 nitrogen and oxygen atoms in total. The zero-order valence-corrected chi connectivity index (χ0v) is 15.7. The van der Waals surface area contributed by atoms with Crippen LogP contribution in [0.3, 0.4) is 0 Å². The van der Waals surface area contributed by atoms with Crippen LogP contribution in [0.25, 0.3) is 0 Å².